The lowest BCUT2D eigenvalue weighted by Gasteiger charge is -2.25. The summed E-state index contributed by atoms with van der Waals surface area (Å²) in [6.07, 6.45) is 2.08. The molecular weight excluding hydrogens is 614 g/mol. The molecule has 4 rings (SSSR count). The lowest BCUT2D eigenvalue weighted by atomic mass is 10.0. The highest BCUT2D eigenvalue weighted by atomic mass is 32.2. The van der Waals surface area contributed by atoms with E-state index in [-0.39, 0.29) is 66.7 Å². The molecule has 2 bridgehead atoms. The molecule has 1 aliphatic heterocycles. The number of benzene rings is 2. The van der Waals surface area contributed by atoms with Gasteiger partial charge < -0.3 is 30.9 Å². The first kappa shape index (κ1) is 33.9. The van der Waals surface area contributed by atoms with Gasteiger partial charge in [-0.1, -0.05) is 30.3 Å². The van der Waals surface area contributed by atoms with E-state index in [0.717, 1.165) is 11.6 Å². The van der Waals surface area contributed by atoms with Crippen molar-refractivity contribution in [2.24, 2.45) is 5.14 Å². The van der Waals surface area contributed by atoms with Crippen molar-refractivity contribution in [1.29, 1.82) is 0 Å². The number of carbonyl (C=O) groups excluding carboxylic acids is 4. The average molecular weight is 652 g/mol. The Labute approximate surface area is 267 Å². The summed E-state index contributed by atoms with van der Waals surface area (Å²) in [5.74, 6) is -1.71. The fourth-order valence-electron chi connectivity index (χ4n) is 4.84. The maximum atomic E-state index is 13.7. The Balaban J connectivity index is 1.59. The summed E-state index contributed by atoms with van der Waals surface area (Å²) in [5, 5.41) is 16.8. The number of methoxy groups -OCH3 is 1. The molecule has 4 amide bonds. The predicted octanol–water partition coefficient (Wildman–Crippen LogP) is 0.659. The number of fused-ring (bicyclic) bond motifs is 2. The van der Waals surface area contributed by atoms with Crippen LogP contribution in [0.1, 0.15) is 39.3 Å². The molecular formula is C31H37N7O7S. The Morgan fingerprint density at radius 3 is 2.48 bits per heavy atom. The van der Waals surface area contributed by atoms with E-state index in [1.807, 2.05) is 30.3 Å². The molecule has 14 nitrogen and oxygen atoms in total. The van der Waals surface area contributed by atoms with Crippen LogP contribution in [-0.4, -0.2) is 87.8 Å². The summed E-state index contributed by atoms with van der Waals surface area (Å²) in [6, 6.07) is 15.2. The second kappa shape index (κ2) is 15.8. The Morgan fingerprint density at radius 1 is 0.978 bits per heavy atom. The van der Waals surface area contributed by atoms with Crippen LogP contribution in [0.15, 0.2) is 71.8 Å². The van der Waals surface area contributed by atoms with Crippen molar-refractivity contribution in [3.63, 3.8) is 0 Å². The molecule has 0 fully saturated rings. The molecule has 46 heavy (non-hydrogen) atoms. The number of nitrogens with two attached hydrogens (primary N) is 1. The van der Waals surface area contributed by atoms with Crippen LogP contribution in [0.2, 0.25) is 0 Å². The van der Waals surface area contributed by atoms with Gasteiger partial charge in [0.2, 0.25) is 21.8 Å². The monoisotopic (exact) mass is 651 g/mol. The zero-order valence-electron chi connectivity index (χ0n) is 25.3. The first-order chi connectivity index (χ1) is 22.0. The number of rotatable bonds is 5. The molecule has 0 spiro atoms. The summed E-state index contributed by atoms with van der Waals surface area (Å²) < 4.78 is 29.3. The average Bonchev–Trinajstić information content (AvgIpc) is 3.04. The Kier molecular flexibility index (Phi) is 11.6. The molecule has 0 radical (unpaired) electrons. The highest BCUT2D eigenvalue weighted by Crippen LogP contribution is 2.24. The van der Waals surface area contributed by atoms with Gasteiger partial charge >= 0.3 is 0 Å². The molecule has 2 aromatic carbocycles. The number of nitrogens with zero attached hydrogens (tertiary/aromatic N) is 2. The van der Waals surface area contributed by atoms with E-state index in [1.54, 1.807) is 12.1 Å². The third-order valence-corrected chi connectivity index (χ3v) is 8.11. The minimum absolute atomic E-state index is 0.00716. The third-order valence-electron chi connectivity index (χ3n) is 7.20. The summed E-state index contributed by atoms with van der Waals surface area (Å²) >= 11 is 0. The lowest BCUT2D eigenvalue weighted by molar-refractivity contribution is -0.123. The number of carbonyl (C=O) groups is 4. The zero-order chi connectivity index (χ0) is 33.1. The van der Waals surface area contributed by atoms with Crippen molar-refractivity contribution in [2.45, 2.75) is 30.2 Å². The van der Waals surface area contributed by atoms with Gasteiger partial charge in [0.1, 0.15) is 17.5 Å². The van der Waals surface area contributed by atoms with Crippen LogP contribution in [0.5, 0.6) is 5.75 Å². The molecule has 2 heterocycles. The molecule has 244 valence electrons. The van der Waals surface area contributed by atoms with Gasteiger partial charge in [0.05, 0.1) is 17.6 Å². The van der Waals surface area contributed by atoms with Crippen molar-refractivity contribution < 1.29 is 32.3 Å². The van der Waals surface area contributed by atoms with Gasteiger partial charge in [0, 0.05) is 57.4 Å². The number of ether oxygens (including phenoxy) is 1. The summed E-state index contributed by atoms with van der Waals surface area (Å²) in [7, 11) is -2.77. The summed E-state index contributed by atoms with van der Waals surface area (Å²) in [5.41, 5.74) is 1.50. The molecule has 0 saturated heterocycles. The topological polar surface area (TPSA) is 202 Å². The largest absolute Gasteiger partial charge is 0.496 e. The van der Waals surface area contributed by atoms with Gasteiger partial charge in [-0.3, -0.25) is 24.2 Å². The van der Waals surface area contributed by atoms with Gasteiger partial charge in [-0.25, -0.2) is 13.6 Å². The molecule has 0 aliphatic carbocycles. The number of nitrogens with one attached hydrogen (secondary N) is 4. The SMILES string of the molecule is COc1ccc(S(N)(=O)=O)cc1C(=O)N1CCCC(=O)NCCNc2ccnc(c2)C(=O)N[C@@H](Cc2ccccc2)C(=O)NCC1. The Hall–Kier alpha value is -5.02. The van der Waals surface area contributed by atoms with Crippen LogP contribution in [0, 0.1) is 0 Å². The zero-order valence-corrected chi connectivity index (χ0v) is 26.1. The van der Waals surface area contributed by atoms with Crippen molar-refractivity contribution in [3.8, 4) is 5.75 Å². The van der Waals surface area contributed by atoms with Crippen LogP contribution in [0.25, 0.3) is 0 Å². The van der Waals surface area contributed by atoms with Crippen molar-refractivity contribution in [1.82, 2.24) is 25.8 Å². The van der Waals surface area contributed by atoms with Crippen molar-refractivity contribution in [3.05, 3.63) is 83.7 Å². The Bertz CT molecular complexity index is 1670. The third kappa shape index (κ3) is 9.49. The van der Waals surface area contributed by atoms with Gasteiger partial charge in [-0.05, 0) is 42.3 Å². The van der Waals surface area contributed by atoms with E-state index < -0.39 is 33.8 Å². The van der Waals surface area contributed by atoms with Crippen molar-refractivity contribution in [2.75, 3.05) is 45.2 Å². The number of hydrogen-bond acceptors (Lipinski definition) is 9. The van der Waals surface area contributed by atoms with E-state index in [4.69, 9.17) is 9.88 Å². The molecule has 15 heteroatoms. The number of sulfonamides is 1. The smallest absolute Gasteiger partial charge is 0.270 e. The first-order valence-electron chi connectivity index (χ1n) is 14.6. The van der Waals surface area contributed by atoms with E-state index in [9.17, 15) is 27.6 Å². The molecule has 0 unspecified atom stereocenters. The maximum absolute atomic E-state index is 13.7. The number of amides is 4. The Morgan fingerprint density at radius 2 is 1.74 bits per heavy atom. The van der Waals surface area contributed by atoms with Crippen molar-refractivity contribution >= 4 is 39.3 Å². The molecule has 1 aliphatic rings. The van der Waals surface area contributed by atoms with Crippen LogP contribution < -0.4 is 31.1 Å². The number of pyridine rings is 1. The highest BCUT2D eigenvalue weighted by molar-refractivity contribution is 7.89. The fraction of sp³-hybridized carbons (Fsp3) is 0.323. The standard InChI is InChI=1S/C31H37N7O7S/c1-45-27-10-9-23(46(32,43)44)20-24(27)31(42)38-16-5-8-28(39)35-14-13-33-22-11-12-34-25(19-22)30(41)37-26(29(40)36-15-17-38)18-21-6-3-2-4-7-21/h2-4,6-7,9-12,19-20,26,33H,5,8,13-18H2,1H3,(H,35,39)(H,36,40)(H,37,41)(H2,32,43,44)/t26-/m0/s1. The predicted molar refractivity (Wildman–Crippen MR) is 170 cm³/mol. The van der Waals surface area contributed by atoms with Gasteiger partial charge in [0.25, 0.3) is 11.8 Å². The van der Waals surface area contributed by atoms with Crippen LogP contribution in [-0.2, 0) is 26.0 Å². The number of primary sulfonamides is 1. The maximum Gasteiger partial charge on any atom is 0.270 e. The molecule has 1 atom stereocenters. The lowest BCUT2D eigenvalue weighted by Crippen LogP contribution is -2.50. The molecule has 6 N–H and O–H groups in total. The quantitative estimate of drug-likeness (QED) is 0.263. The van der Waals surface area contributed by atoms with Crippen LogP contribution >= 0.6 is 0 Å². The second-order valence-electron chi connectivity index (χ2n) is 10.5. The van der Waals surface area contributed by atoms with Crippen LogP contribution in [0.3, 0.4) is 0 Å². The molecule has 1 aromatic heterocycles. The van der Waals surface area contributed by atoms with E-state index in [1.165, 1.54) is 30.3 Å². The van der Waals surface area contributed by atoms with E-state index in [0.29, 0.717) is 18.8 Å². The minimum atomic E-state index is -4.12. The van der Waals surface area contributed by atoms with Crippen LogP contribution in [0.4, 0.5) is 5.69 Å². The van der Waals surface area contributed by atoms with Gasteiger partial charge in [0.15, 0.2) is 0 Å². The van der Waals surface area contributed by atoms with E-state index >= 15 is 0 Å². The minimum Gasteiger partial charge on any atom is -0.496 e. The van der Waals surface area contributed by atoms with E-state index in [2.05, 4.69) is 26.3 Å². The van der Waals surface area contributed by atoms with Gasteiger partial charge in [-0.2, -0.15) is 0 Å². The second-order valence-corrected chi connectivity index (χ2v) is 12.1. The normalized spacial score (nSPS) is 17.2. The number of aromatic nitrogens is 1. The number of hydrogen-bond donors (Lipinski definition) is 5. The number of anilines is 1. The molecule has 3 aromatic rings. The molecule has 0 saturated carbocycles. The fourth-order valence-corrected chi connectivity index (χ4v) is 5.38. The summed E-state index contributed by atoms with van der Waals surface area (Å²) in [6.45, 7) is 0.799. The van der Waals surface area contributed by atoms with Gasteiger partial charge in [-0.15, -0.1) is 0 Å². The first-order valence-corrected chi connectivity index (χ1v) is 16.2. The summed E-state index contributed by atoms with van der Waals surface area (Å²) in [4.78, 5) is 58.2. The highest BCUT2D eigenvalue weighted by Gasteiger charge is 2.25.